The summed E-state index contributed by atoms with van der Waals surface area (Å²) >= 11 is 0. The summed E-state index contributed by atoms with van der Waals surface area (Å²) in [6, 6.07) is 9.68. The summed E-state index contributed by atoms with van der Waals surface area (Å²) in [7, 11) is 0. The predicted molar refractivity (Wildman–Crippen MR) is 118 cm³/mol. The van der Waals surface area contributed by atoms with Gasteiger partial charge in [0.05, 0.1) is 11.7 Å². The standard InChI is InChI=1S/C24H32N4O3/c1-24(2,3)31-23(30)26-19-14-8-7-13-18(19)25-22(29)21-17-12-9-15-20(17)28(27-21)16-10-5-4-6-11-16/h4-6,10-11,18-19H,7-9,12-15H2,1-3H3,(H,25,29)(H,26,30)/t18-,19+/m0/s1. The lowest BCUT2D eigenvalue weighted by Crippen LogP contribution is -2.54. The number of aromatic nitrogens is 2. The first-order valence-electron chi connectivity index (χ1n) is 11.3. The summed E-state index contributed by atoms with van der Waals surface area (Å²) < 4.78 is 7.32. The molecule has 7 heteroatoms. The van der Waals surface area contributed by atoms with Crippen molar-refractivity contribution in [1.82, 2.24) is 20.4 Å². The molecule has 0 radical (unpaired) electrons. The summed E-state index contributed by atoms with van der Waals surface area (Å²) in [6.45, 7) is 5.53. The van der Waals surface area contributed by atoms with Crippen molar-refractivity contribution in [3.63, 3.8) is 0 Å². The monoisotopic (exact) mass is 424 g/mol. The molecule has 0 bridgehead atoms. The van der Waals surface area contributed by atoms with Gasteiger partial charge in [-0.25, -0.2) is 9.48 Å². The van der Waals surface area contributed by atoms with E-state index in [0.29, 0.717) is 5.69 Å². The van der Waals surface area contributed by atoms with Gasteiger partial charge in [-0.15, -0.1) is 0 Å². The third-order valence-electron chi connectivity index (χ3n) is 5.93. The van der Waals surface area contributed by atoms with Gasteiger partial charge in [0, 0.05) is 17.3 Å². The van der Waals surface area contributed by atoms with E-state index >= 15 is 0 Å². The molecule has 1 aromatic heterocycles. The number of amides is 2. The Morgan fingerprint density at radius 3 is 2.35 bits per heavy atom. The first-order chi connectivity index (χ1) is 14.8. The molecular weight excluding hydrogens is 392 g/mol. The first kappa shape index (κ1) is 21.4. The highest BCUT2D eigenvalue weighted by molar-refractivity contribution is 5.94. The van der Waals surface area contributed by atoms with E-state index in [9.17, 15) is 9.59 Å². The largest absolute Gasteiger partial charge is 0.444 e. The minimum Gasteiger partial charge on any atom is -0.444 e. The number of fused-ring (bicyclic) bond motifs is 1. The maximum Gasteiger partial charge on any atom is 0.407 e. The zero-order chi connectivity index (χ0) is 22.0. The molecule has 2 aliphatic carbocycles. The fourth-order valence-electron chi connectivity index (χ4n) is 4.57. The fraction of sp³-hybridized carbons (Fsp3) is 0.542. The van der Waals surface area contributed by atoms with Crippen LogP contribution in [0.3, 0.4) is 0 Å². The van der Waals surface area contributed by atoms with E-state index in [4.69, 9.17) is 9.84 Å². The molecule has 1 saturated carbocycles. The van der Waals surface area contributed by atoms with Crippen molar-refractivity contribution in [1.29, 1.82) is 0 Å². The maximum absolute atomic E-state index is 13.2. The number of hydrogen-bond donors (Lipinski definition) is 2. The van der Waals surface area contributed by atoms with E-state index in [2.05, 4.69) is 10.6 Å². The number of hydrogen-bond acceptors (Lipinski definition) is 4. The highest BCUT2D eigenvalue weighted by Gasteiger charge is 2.32. The molecule has 0 aliphatic heterocycles. The SMILES string of the molecule is CC(C)(C)OC(=O)N[C@@H]1CCCC[C@@H]1NC(=O)c1nn(-c2ccccc2)c2c1CCC2. The van der Waals surface area contributed by atoms with Crippen molar-refractivity contribution in [2.45, 2.75) is 83.4 Å². The zero-order valence-electron chi connectivity index (χ0n) is 18.6. The van der Waals surface area contributed by atoms with Crippen LogP contribution in [0.5, 0.6) is 0 Å². The summed E-state index contributed by atoms with van der Waals surface area (Å²) in [5.74, 6) is -0.157. The minimum absolute atomic E-state index is 0.132. The summed E-state index contributed by atoms with van der Waals surface area (Å²) in [4.78, 5) is 25.5. The van der Waals surface area contributed by atoms with Gasteiger partial charge in [-0.2, -0.15) is 5.10 Å². The quantitative estimate of drug-likeness (QED) is 0.779. The predicted octanol–water partition coefficient (Wildman–Crippen LogP) is 3.93. The number of carbonyl (C=O) groups is 2. The molecule has 166 valence electrons. The lowest BCUT2D eigenvalue weighted by atomic mass is 9.90. The zero-order valence-corrected chi connectivity index (χ0v) is 18.6. The number of rotatable bonds is 4. The number of ether oxygens (including phenoxy) is 1. The molecule has 0 spiro atoms. The second-order valence-electron chi connectivity index (χ2n) is 9.49. The van der Waals surface area contributed by atoms with Crippen molar-refractivity contribution in [2.75, 3.05) is 0 Å². The Morgan fingerprint density at radius 1 is 1.00 bits per heavy atom. The molecule has 2 N–H and O–H groups in total. The van der Waals surface area contributed by atoms with Crippen molar-refractivity contribution < 1.29 is 14.3 Å². The number of alkyl carbamates (subject to hydrolysis) is 1. The molecule has 0 unspecified atom stereocenters. The van der Waals surface area contributed by atoms with Gasteiger partial charge < -0.3 is 15.4 Å². The van der Waals surface area contributed by atoms with Gasteiger partial charge in [0.2, 0.25) is 0 Å². The summed E-state index contributed by atoms with van der Waals surface area (Å²) in [5.41, 5.74) is 3.11. The van der Waals surface area contributed by atoms with Gasteiger partial charge in [0.15, 0.2) is 5.69 Å². The fourth-order valence-corrected chi connectivity index (χ4v) is 4.57. The molecule has 7 nitrogen and oxygen atoms in total. The van der Waals surface area contributed by atoms with E-state index in [-0.39, 0.29) is 18.0 Å². The maximum atomic E-state index is 13.2. The average molecular weight is 425 g/mol. The normalized spacial score (nSPS) is 20.7. The number of para-hydroxylation sites is 1. The molecule has 2 atom stereocenters. The molecule has 1 fully saturated rings. The highest BCUT2D eigenvalue weighted by Crippen LogP contribution is 2.28. The molecule has 0 saturated heterocycles. The van der Waals surface area contributed by atoms with Crippen LogP contribution < -0.4 is 10.6 Å². The molecule has 1 heterocycles. The Bertz CT molecular complexity index is 946. The lowest BCUT2D eigenvalue weighted by molar-refractivity contribution is 0.0474. The Kier molecular flexibility index (Phi) is 6.03. The van der Waals surface area contributed by atoms with Crippen molar-refractivity contribution >= 4 is 12.0 Å². The smallest absolute Gasteiger partial charge is 0.407 e. The van der Waals surface area contributed by atoms with Crippen LogP contribution in [0, 0.1) is 0 Å². The Morgan fingerprint density at radius 2 is 1.68 bits per heavy atom. The second-order valence-corrected chi connectivity index (χ2v) is 9.49. The van der Waals surface area contributed by atoms with E-state index in [0.717, 1.165) is 61.9 Å². The van der Waals surface area contributed by atoms with Crippen molar-refractivity contribution in [3.8, 4) is 5.69 Å². The number of nitrogens with one attached hydrogen (secondary N) is 2. The highest BCUT2D eigenvalue weighted by atomic mass is 16.6. The van der Waals surface area contributed by atoms with Crippen molar-refractivity contribution in [3.05, 3.63) is 47.3 Å². The summed E-state index contributed by atoms with van der Waals surface area (Å²) in [6.07, 6.45) is 6.08. The van der Waals surface area contributed by atoms with Gasteiger partial charge in [0.25, 0.3) is 5.91 Å². The average Bonchev–Trinajstić information content (AvgIpc) is 3.31. The molecule has 2 aromatic rings. The molecule has 31 heavy (non-hydrogen) atoms. The Hall–Kier alpha value is -2.83. The van der Waals surface area contributed by atoms with Crippen molar-refractivity contribution in [2.24, 2.45) is 0 Å². The molecule has 2 amide bonds. The van der Waals surface area contributed by atoms with Gasteiger partial charge in [0.1, 0.15) is 5.60 Å². The van der Waals surface area contributed by atoms with Crippen LogP contribution in [-0.2, 0) is 17.6 Å². The Balaban J connectivity index is 1.50. The van der Waals surface area contributed by atoms with Gasteiger partial charge in [-0.3, -0.25) is 4.79 Å². The van der Waals surface area contributed by atoms with Crippen LogP contribution in [0.4, 0.5) is 4.79 Å². The van der Waals surface area contributed by atoms with Crippen LogP contribution in [0.15, 0.2) is 30.3 Å². The van der Waals surface area contributed by atoms with Gasteiger partial charge in [-0.05, 0) is 65.0 Å². The molecule has 4 rings (SSSR count). The number of carbonyl (C=O) groups excluding carboxylic acids is 2. The Labute approximate surface area is 183 Å². The van der Waals surface area contributed by atoms with Crippen LogP contribution in [0.1, 0.15) is 74.6 Å². The van der Waals surface area contributed by atoms with E-state index < -0.39 is 11.7 Å². The van der Waals surface area contributed by atoms with Crippen LogP contribution in [0.2, 0.25) is 0 Å². The third kappa shape index (κ3) is 4.92. The number of benzene rings is 1. The van der Waals surface area contributed by atoms with Crippen LogP contribution >= 0.6 is 0 Å². The topological polar surface area (TPSA) is 85.2 Å². The minimum atomic E-state index is -0.553. The van der Waals surface area contributed by atoms with E-state index in [1.54, 1.807) is 0 Å². The van der Waals surface area contributed by atoms with Crippen LogP contribution in [0.25, 0.3) is 5.69 Å². The summed E-state index contributed by atoms with van der Waals surface area (Å²) in [5, 5.41) is 10.8. The lowest BCUT2D eigenvalue weighted by Gasteiger charge is -2.33. The van der Waals surface area contributed by atoms with Gasteiger partial charge in [-0.1, -0.05) is 31.0 Å². The number of nitrogens with zero attached hydrogens (tertiary/aromatic N) is 2. The third-order valence-corrected chi connectivity index (χ3v) is 5.93. The molecule has 1 aromatic carbocycles. The van der Waals surface area contributed by atoms with Crippen LogP contribution in [-0.4, -0.2) is 39.5 Å². The van der Waals surface area contributed by atoms with Gasteiger partial charge >= 0.3 is 6.09 Å². The molecule has 2 aliphatic rings. The second kappa shape index (κ2) is 8.73. The first-order valence-corrected chi connectivity index (χ1v) is 11.3. The molecular formula is C24H32N4O3. The van der Waals surface area contributed by atoms with E-state index in [1.165, 1.54) is 0 Å². The van der Waals surface area contributed by atoms with E-state index in [1.807, 2.05) is 55.8 Å².